The first-order valence-electron chi connectivity index (χ1n) is 9.98. The minimum Gasteiger partial charge on any atom is -0.492 e. The number of halogens is 2. The number of alkyl halides is 1. The number of rotatable bonds is 7. The van der Waals surface area contributed by atoms with Crippen molar-refractivity contribution in [1.29, 1.82) is 0 Å². The summed E-state index contributed by atoms with van der Waals surface area (Å²) in [6.45, 7) is 1.67. The molecular formula is C21H24F2N2O6. The van der Waals surface area contributed by atoms with E-state index in [4.69, 9.17) is 9.47 Å². The number of carbonyl (C=O) groups excluding carboxylic acids is 1. The molecule has 0 radical (unpaired) electrons. The predicted octanol–water partition coefficient (Wildman–Crippen LogP) is 2.60. The quantitative estimate of drug-likeness (QED) is 0.664. The van der Waals surface area contributed by atoms with E-state index in [-0.39, 0.29) is 47.4 Å². The number of hydrogen-bond donors (Lipinski definition) is 1. The third kappa shape index (κ3) is 4.19. The summed E-state index contributed by atoms with van der Waals surface area (Å²) < 4.78 is 40.1. The largest absolute Gasteiger partial charge is 0.492 e. The van der Waals surface area contributed by atoms with E-state index in [2.05, 4.69) is 0 Å². The molecule has 1 fully saturated rings. The number of carboxylic acid groups (broad SMARTS) is 1. The van der Waals surface area contributed by atoms with Crippen molar-refractivity contribution in [2.75, 3.05) is 38.4 Å². The SMILES string of the molecule is CCOC(=O)C1CCN(c2c(F)cc3c(=O)c(C(=O)O)cn(CCF)c3c2OC)CC1. The Morgan fingerprint density at radius 1 is 1.29 bits per heavy atom. The summed E-state index contributed by atoms with van der Waals surface area (Å²) in [6.07, 6.45) is 1.95. The third-order valence-corrected chi connectivity index (χ3v) is 5.44. The number of hydrogen-bond acceptors (Lipinski definition) is 6. The van der Waals surface area contributed by atoms with E-state index >= 15 is 4.39 Å². The molecule has 8 nitrogen and oxygen atoms in total. The van der Waals surface area contributed by atoms with Crippen molar-refractivity contribution in [1.82, 2.24) is 4.57 Å². The van der Waals surface area contributed by atoms with Crippen LogP contribution in [0.25, 0.3) is 10.9 Å². The molecule has 0 atom stereocenters. The smallest absolute Gasteiger partial charge is 0.341 e. The molecule has 10 heteroatoms. The lowest BCUT2D eigenvalue weighted by Crippen LogP contribution is -2.37. The number of benzene rings is 1. The predicted molar refractivity (Wildman–Crippen MR) is 109 cm³/mol. The number of carbonyl (C=O) groups is 2. The van der Waals surface area contributed by atoms with Crippen LogP contribution in [-0.4, -0.2) is 55.1 Å². The van der Waals surface area contributed by atoms with Crippen LogP contribution in [0.15, 0.2) is 17.1 Å². The van der Waals surface area contributed by atoms with E-state index in [9.17, 15) is 23.9 Å². The molecule has 2 heterocycles. The summed E-state index contributed by atoms with van der Waals surface area (Å²) in [6, 6.07) is 0.966. The summed E-state index contributed by atoms with van der Waals surface area (Å²) in [5, 5.41) is 9.10. The number of aryl methyl sites for hydroxylation is 1. The van der Waals surface area contributed by atoms with Crippen molar-refractivity contribution in [3.8, 4) is 5.75 Å². The van der Waals surface area contributed by atoms with Crippen molar-refractivity contribution in [2.45, 2.75) is 26.3 Å². The van der Waals surface area contributed by atoms with Crippen LogP contribution in [0.1, 0.15) is 30.1 Å². The highest BCUT2D eigenvalue weighted by molar-refractivity contribution is 5.97. The van der Waals surface area contributed by atoms with E-state index in [1.54, 1.807) is 11.8 Å². The topological polar surface area (TPSA) is 98.1 Å². The second-order valence-corrected chi connectivity index (χ2v) is 7.21. The molecule has 0 amide bonds. The van der Waals surface area contributed by atoms with Gasteiger partial charge in [-0.15, -0.1) is 0 Å². The number of piperidine rings is 1. The van der Waals surface area contributed by atoms with Crippen molar-refractivity contribution in [3.63, 3.8) is 0 Å². The molecule has 2 aromatic rings. The number of pyridine rings is 1. The van der Waals surface area contributed by atoms with Gasteiger partial charge in [0, 0.05) is 19.3 Å². The number of esters is 1. The highest BCUT2D eigenvalue weighted by Crippen LogP contribution is 2.39. The van der Waals surface area contributed by atoms with Crippen molar-refractivity contribution >= 4 is 28.5 Å². The molecular weight excluding hydrogens is 414 g/mol. The molecule has 1 aliphatic heterocycles. The van der Waals surface area contributed by atoms with Gasteiger partial charge in [0.15, 0.2) is 11.6 Å². The Morgan fingerprint density at radius 2 is 1.97 bits per heavy atom. The number of fused-ring (bicyclic) bond motifs is 1. The molecule has 0 bridgehead atoms. The van der Waals surface area contributed by atoms with Gasteiger partial charge in [0.2, 0.25) is 5.43 Å². The number of aromatic carboxylic acids is 1. The van der Waals surface area contributed by atoms with E-state index in [0.29, 0.717) is 25.9 Å². The van der Waals surface area contributed by atoms with Gasteiger partial charge >= 0.3 is 11.9 Å². The molecule has 0 spiro atoms. The zero-order chi connectivity index (χ0) is 22.7. The van der Waals surface area contributed by atoms with Gasteiger partial charge < -0.3 is 24.0 Å². The number of aromatic nitrogens is 1. The molecule has 168 valence electrons. The molecule has 3 rings (SSSR count). The minimum atomic E-state index is -1.48. The molecule has 1 aliphatic rings. The Labute approximate surface area is 177 Å². The van der Waals surface area contributed by atoms with Crippen LogP contribution in [-0.2, 0) is 16.1 Å². The Morgan fingerprint density at radius 3 is 2.52 bits per heavy atom. The van der Waals surface area contributed by atoms with E-state index in [0.717, 1.165) is 12.3 Å². The van der Waals surface area contributed by atoms with Gasteiger partial charge in [0.25, 0.3) is 0 Å². The number of anilines is 1. The van der Waals surface area contributed by atoms with Crippen molar-refractivity contribution in [2.24, 2.45) is 5.92 Å². The highest BCUT2D eigenvalue weighted by Gasteiger charge is 2.31. The lowest BCUT2D eigenvalue weighted by atomic mass is 9.96. The number of carboxylic acids is 1. The van der Waals surface area contributed by atoms with E-state index < -0.39 is 29.5 Å². The van der Waals surface area contributed by atoms with Crippen LogP contribution in [0.4, 0.5) is 14.5 Å². The number of ether oxygens (including phenoxy) is 2. The standard InChI is InChI=1S/C21H24F2N2O6/c1-3-31-21(29)12-4-7-24(8-5-12)17-15(23)10-13-16(19(17)30-2)25(9-6-22)11-14(18(13)26)20(27)28/h10-12H,3-9H2,1-2H3,(H,27,28). The van der Waals surface area contributed by atoms with Crippen LogP contribution in [0.5, 0.6) is 5.75 Å². The van der Waals surface area contributed by atoms with Gasteiger partial charge in [0.05, 0.1) is 37.1 Å². The summed E-state index contributed by atoms with van der Waals surface area (Å²) in [4.78, 5) is 37.8. The van der Waals surface area contributed by atoms with Gasteiger partial charge in [-0.1, -0.05) is 0 Å². The maximum absolute atomic E-state index is 15.2. The first-order chi connectivity index (χ1) is 14.8. The van der Waals surface area contributed by atoms with Gasteiger partial charge in [-0.05, 0) is 25.8 Å². The first kappa shape index (κ1) is 22.5. The Bertz CT molecular complexity index is 1060. The maximum Gasteiger partial charge on any atom is 0.341 e. The second-order valence-electron chi connectivity index (χ2n) is 7.21. The van der Waals surface area contributed by atoms with Crippen molar-refractivity contribution in [3.05, 3.63) is 33.9 Å². The zero-order valence-corrected chi connectivity index (χ0v) is 17.3. The van der Waals surface area contributed by atoms with E-state index in [1.165, 1.54) is 11.7 Å². The summed E-state index contributed by atoms with van der Waals surface area (Å²) >= 11 is 0. The monoisotopic (exact) mass is 438 g/mol. The van der Waals surface area contributed by atoms with E-state index in [1.807, 2.05) is 0 Å². The zero-order valence-electron chi connectivity index (χ0n) is 17.3. The molecule has 1 aromatic heterocycles. The number of nitrogens with zero attached hydrogens (tertiary/aromatic N) is 2. The molecule has 1 saturated heterocycles. The lowest BCUT2D eigenvalue weighted by Gasteiger charge is -2.34. The third-order valence-electron chi connectivity index (χ3n) is 5.44. The van der Waals surface area contributed by atoms with Crippen LogP contribution in [0.2, 0.25) is 0 Å². The van der Waals surface area contributed by atoms with Crippen LogP contribution in [0, 0.1) is 11.7 Å². The van der Waals surface area contributed by atoms with Gasteiger partial charge in [0.1, 0.15) is 17.9 Å². The van der Waals surface area contributed by atoms with Crippen molar-refractivity contribution < 1.29 is 33.0 Å². The van der Waals surface area contributed by atoms with Gasteiger partial charge in [-0.3, -0.25) is 9.59 Å². The normalized spacial score (nSPS) is 14.6. The molecule has 0 unspecified atom stereocenters. The average molecular weight is 438 g/mol. The highest BCUT2D eigenvalue weighted by atomic mass is 19.1. The maximum atomic E-state index is 15.2. The fourth-order valence-corrected chi connectivity index (χ4v) is 4.00. The summed E-state index contributed by atoms with van der Waals surface area (Å²) in [5.41, 5.74) is -1.24. The summed E-state index contributed by atoms with van der Waals surface area (Å²) in [5.74, 6) is -2.79. The molecule has 1 N–H and O–H groups in total. The first-order valence-corrected chi connectivity index (χ1v) is 9.98. The van der Waals surface area contributed by atoms with Gasteiger partial charge in [-0.2, -0.15) is 0 Å². The fourth-order valence-electron chi connectivity index (χ4n) is 4.00. The Kier molecular flexibility index (Phi) is 6.77. The fraction of sp³-hybridized carbons (Fsp3) is 0.476. The minimum absolute atomic E-state index is 0.0204. The Hall–Kier alpha value is -3.17. The molecule has 31 heavy (non-hydrogen) atoms. The van der Waals surface area contributed by atoms with Crippen LogP contribution < -0.4 is 15.1 Å². The molecule has 0 aliphatic carbocycles. The Balaban J connectivity index is 2.12. The van der Waals surface area contributed by atoms with Crippen LogP contribution in [0.3, 0.4) is 0 Å². The molecule has 1 aromatic carbocycles. The average Bonchev–Trinajstić information content (AvgIpc) is 2.75. The second kappa shape index (κ2) is 9.32. The molecule has 0 saturated carbocycles. The summed E-state index contributed by atoms with van der Waals surface area (Å²) in [7, 11) is 1.30. The lowest BCUT2D eigenvalue weighted by molar-refractivity contribution is -0.148. The van der Waals surface area contributed by atoms with Crippen LogP contribution >= 0.6 is 0 Å². The number of methoxy groups -OCH3 is 1. The van der Waals surface area contributed by atoms with Gasteiger partial charge in [-0.25, -0.2) is 13.6 Å².